The minimum atomic E-state index is -2.17. The van der Waals surface area contributed by atoms with E-state index >= 15 is 4.39 Å². The fraction of sp³-hybridized carbons (Fsp3) is 0.529. The molecule has 2 aromatic heterocycles. The highest BCUT2D eigenvalue weighted by atomic mass is 19.1. The molecule has 1 aliphatic carbocycles. The molecule has 0 bridgehead atoms. The van der Waals surface area contributed by atoms with Gasteiger partial charge in [-0.2, -0.15) is 0 Å². The van der Waals surface area contributed by atoms with Crippen LogP contribution >= 0.6 is 0 Å². The predicted octanol–water partition coefficient (Wildman–Crippen LogP) is -1.50. The lowest BCUT2D eigenvalue weighted by atomic mass is 9.81. The largest absolute Gasteiger partial charge is 0.458 e. The second kappa shape index (κ2) is 44.9. The van der Waals surface area contributed by atoms with Crippen molar-refractivity contribution in [1.82, 2.24) is 89.6 Å². The van der Waals surface area contributed by atoms with Crippen LogP contribution in [-0.4, -0.2) is 354 Å². The van der Waals surface area contributed by atoms with Crippen LogP contribution in [0.3, 0.4) is 0 Å². The van der Waals surface area contributed by atoms with Crippen molar-refractivity contribution in [2.24, 2.45) is 11.7 Å². The van der Waals surface area contributed by atoms with E-state index in [2.05, 4.69) is 26.6 Å². The normalized spacial score (nSPS) is 14.8. The number of likely N-dealkylation sites (N-methyl/N-ethyl adjacent to an activating group) is 11. The third kappa shape index (κ3) is 25.8. The zero-order chi connectivity index (χ0) is 97.2. The molecular weight excluding hydrogens is 1710 g/mol. The second-order valence-electron chi connectivity index (χ2n) is 33.7. The van der Waals surface area contributed by atoms with Crippen LogP contribution in [0.4, 0.5) is 19.7 Å². The summed E-state index contributed by atoms with van der Waals surface area (Å²) in [5, 5.41) is 25.9. The number of anilines is 1. The summed E-state index contributed by atoms with van der Waals surface area (Å²) in [6.07, 6.45) is 2.73. The Labute approximate surface area is 755 Å². The van der Waals surface area contributed by atoms with Crippen LogP contribution in [0.25, 0.3) is 22.3 Å². The number of cyclic esters (lactones) is 1. The molecule has 0 saturated heterocycles. The number of halogens is 1. The van der Waals surface area contributed by atoms with Crippen molar-refractivity contribution in [3.8, 4) is 11.4 Å². The van der Waals surface area contributed by atoms with E-state index in [4.69, 9.17) is 20.2 Å². The summed E-state index contributed by atoms with van der Waals surface area (Å²) in [5.41, 5.74) is 5.64. The number of benzene rings is 2. The quantitative estimate of drug-likeness (QED) is 0.0133. The first-order valence-corrected chi connectivity index (χ1v) is 42.5. The number of urea groups is 1. The van der Waals surface area contributed by atoms with Gasteiger partial charge in [0.25, 0.3) is 17.4 Å². The molecule has 19 amide bonds. The number of hydrogen-bond donors (Lipinski definition) is 7. The number of amides is 19. The molecule has 43 nitrogen and oxygen atoms in total. The average Bonchev–Trinajstić information content (AvgIpc) is 1.58. The van der Waals surface area contributed by atoms with Crippen LogP contribution in [0.2, 0.25) is 0 Å². The Kier molecular flexibility index (Phi) is 35.2. The maximum Gasteiger partial charge on any atom is 0.407 e. The van der Waals surface area contributed by atoms with Crippen LogP contribution in [0.5, 0.6) is 0 Å². The number of aliphatic hydroxyl groups is 1. The molecular formula is C87H117FN20O23. The minimum absolute atomic E-state index is 0.000681. The number of carbonyl (C=O) groups excluding carboxylic acids is 19. The van der Waals surface area contributed by atoms with Crippen molar-refractivity contribution in [2.45, 2.75) is 142 Å². The topological polar surface area (TPSA) is 523 Å². The summed E-state index contributed by atoms with van der Waals surface area (Å²) in [7, 11) is 14.5. The van der Waals surface area contributed by atoms with Crippen LogP contribution in [-0.2, 0) is 129 Å². The molecule has 4 aromatic rings. The predicted molar refractivity (Wildman–Crippen MR) is 467 cm³/mol. The highest BCUT2D eigenvalue weighted by Crippen LogP contribution is 2.46. The lowest BCUT2D eigenvalue weighted by Crippen LogP contribution is -2.54. The highest BCUT2D eigenvalue weighted by molar-refractivity contribution is 6.13. The van der Waals surface area contributed by atoms with Gasteiger partial charge in [0.1, 0.15) is 31.1 Å². The van der Waals surface area contributed by atoms with Gasteiger partial charge in [0.2, 0.25) is 82.7 Å². The molecule has 8 N–H and O–H groups in total. The van der Waals surface area contributed by atoms with E-state index in [1.807, 2.05) is 0 Å². The zero-order valence-corrected chi connectivity index (χ0v) is 76.7. The van der Waals surface area contributed by atoms with E-state index in [9.17, 15) is 101 Å². The van der Waals surface area contributed by atoms with Crippen molar-refractivity contribution in [2.75, 3.05) is 161 Å². The van der Waals surface area contributed by atoms with Crippen LogP contribution in [0.15, 0.2) is 47.3 Å². The molecule has 5 heterocycles. The second-order valence-corrected chi connectivity index (χ2v) is 33.7. The van der Waals surface area contributed by atoms with E-state index in [-0.39, 0.29) is 122 Å². The number of pyridine rings is 2. The number of aromatic nitrogens is 2. The highest BCUT2D eigenvalue weighted by Gasteiger charge is 2.47. The summed E-state index contributed by atoms with van der Waals surface area (Å²) in [5.74, 6) is -12.0. The lowest BCUT2D eigenvalue weighted by Gasteiger charge is -2.31. The molecule has 131 heavy (non-hydrogen) atoms. The van der Waals surface area contributed by atoms with Gasteiger partial charge in [0.15, 0.2) is 5.60 Å². The Morgan fingerprint density at radius 2 is 1.11 bits per heavy atom. The molecule has 0 spiro atoms. The summed E-state index contributed by atoms with van der Waals surface area (Å²) >= 11 is 0. The fourth-order valence-corrected chi connectivity index (χ4v) is 15.0. The third-order valence-corrected chi connectivity index (χ3v) is 23.5. The summed E-state index contributed by atoms with van der Waals surface area (Å²) in [6, 6.07) is 2.93. The molecule has 4 aliphatic rings. The number of fused-ring (bicyclic) bond motifs is 5. The van der Waals surface area contributed by atoms with Crippen molar-refractivity contribution in [3.05, 3.63) is 103 Å². The van der Waals surface area contributed by atoms with Gasteiger partial charge in [0, 0.05) is 156 Å². The smallest absolute Gasteiger partial charge is 0.407 e. The fourth-order valence-electron chi connectivity index (χ4n) is 15.0. The Bertz CT molecular complexity index is 5270. The van der Waals surface area contributed by atoms with Gasteiger partial charge < -0.3 is 105 Å². The number of carbonyl (C=O) groups is 19. The van der Waals surface area contributed by atoms with E-state index in [1.54, 1.807) is 33.8 Å². The molecule has 3 aliphatic heterocycles. The van der Waals surface area contributed by atoms with E-state index < -0.39 is 220 Å². The number of nitrogens with one attached hydrogen (secondary N) is 5. The number of esters is 1. The Morgan fingerprint density at radius 3 is 1.59 bits per heavy atom. The molecule has 44 heteroatoms. The molecule has 0 unspecified atom stereocenters. The standard InChI is InChI=1S/C87H117FN20O23/c1-17-87(129)57-33-63-80-54(36-108(63)83(125)56(57)48-130-84(87)126)78-60(28-27-53-50(4)58(88)34-62(91-80)77(53)78)94-86(128)131-47-55-52(23-21-24-59(55)92-81(123)61(25-22-31-90-85(89)127)93-82(124)79(49(2)3)95-64(110)26-19-18-20-32-107-65(111)29-30-66(107)112)35-97(7)68(114)38-99(9)70(116)40-101(11)72(118)42-103(13)74(120)44-105(15)76(122)46-106(16)75(121)45-104(14)73(119)43-102(12)71(117)41-100(10)69(115)39-98(8)67(113)37-96(6)51(5)109/h21,23-24,29-30,33-34,49,60-61,79,129H,17-20,22,25-28,31-32,35-48H2,1-16H3,(H,92,123)(H,93,124)(H,94,128)(H,95,110)(H3,89,90,127)/t60-,61-,79-,87-/m0/s1. The van der Waals surface area contributed by atoms with Gasteiger partial charge in [-0.25, -0.2) is 23.8 Å². The maximum absolute atomic E-state index is 15.9. The van der Waals surface area contributed by atoms with Crippen molar-refractivity contribution >= 4 is 129 Å². The van der Waals surface area contributed by atoms with Gasteiger partial charge >= 0.3 is 18.1 Å². The van der Waals surface area contributed by atoms with Crippen LogP contribution < -0.4 is 37.9 Å². The molecule has 710 valence electrons. The van der Waals surface area contributed by atoms with Gasteiger partial charge in [-0.3, -0.25) is 86.4 Å². The molecule has 0 radical (unpaired) electrons. The van der Waals surface area contributed by atoms with Crippen LogP contribution in [0, 0.1) is 18.7 Å². The zero-order valence-electron chi connectivity index (χ0n) is 76.7. The number of rotatable bonds is 42. The Balaban J connectivity index is 0.922. The van der Waals surface area contributed by atoms with Crippen molar-refractivity contribution < 1.29 is 110 Å². The number of primary amides is 1. The number of aryl methyl sites for hydroxylation is 1. The van der Waals surface area contributed by atoms with E-state index in [0.717, 1.165) is 49.0 Å². The summed E-state index contributed by atoms with van der Waals surface area (Å²) < 4.78 is 28.7. The number of imide groups is 1. The Hall–Kier alpha value is -13.8. The third-order valence-electron chi connectivity index (χ3n) is 23.5. The van der Waals surface area contributed by atoms with E-state index in [1.165, 1.54) is 135 Å². The number of unbranched alkanes of at least 4 members (excludes halogenated alkanes) is 2. The maximum atomic E-state index is 15.9. The van der Waals surface area contributed by atoms with Crippen molar-refractivity contribution in [1.29, 1.82) is 0 Å². The van der Waals surface area contributed by atoms with E-state index in [0.29, 0.717) is 46.9 Å². The minimum Gasteiger partial charge on any atom is -0.458 e. The molecule has 4 atom stereocenters. The molecule has 0 saturated carbocycles. The number of nitrogens with zero attached hydrogens (tertiary/aromatic N) is 14. The molecule has 8 rings (SSSR count). The first kappa shape index (κ1) is 103. The average molecular weight is 1830 g/mol. The monoisotopic (exact) mass is 1830 g/mol. The molecule has 2 aromatic carbocycles. The SMILES string of the molecule is CC[C@@]1(O)C(=O)OCc2c1cc1n(c2=O)Cc2c-1nc1cc(F)c(C)c3c1c2[C@@H](NC(=O)OCc1c(CN(C)C(=O)CN(C)C(=O)CN(C)C(=O)CN(C)C(=O)CN(C)C(=O)CN(C)C(=O)CN(C)C(=O)CN(C)C(=O)CN(C)C(=O)CN(C)C(=O)CN(C)C(C)=O)cccc1NC(=O)[C@H](CCCNC(N)=O)NC(=O)[C@@H](NC(=O)CCCCCN1C(=O)C=CC1=O)C(C)C)CC3. The summed E-state index contributed by atoms with van der Waals surface area (Å²) in [4.78, 5) is 283. The van der Waals surface area contributed by atoms with Gasteiger partial charge in [-0.05, 0) is 92.2 Å². The number of hydrogen-bond acceptors (Lipinski definition) is 24. The lowest BCUT2D eigenvalue weighted by molar-refractivity contribution is -0.172. The number of alkyl carbamates (subject to hydrolysis) is 1. The number of nitrogens with two attached hydrogens (primary N) is 1. The van der Waals surface area contributed by atoms with Gasteiger partial charge in [-0.15, -0.1) is 0 Å². The van der Waals surface area contributed by atoms with Crippen LogP contribution in [0.1, 0.15) is 130 Å². The first-order chi connectivity index (χ1) is 61.6. The molecule has 0 fully saturated rings. The summed E-state index contributed by atoms with van der Waals surface area (Å²) in [6.45, 7) is 1.44. The van der Waals surface area contributed by atoms with Gasteiger partial charge in [0.05, 0.1) is 101 Å². The first-order valence-electron chi connectivity index (χ1n) is 42.5. The van der Waals surface area contributed by atoms with Gasteiger partial charge in [-0.1, -0.05) is 39.3 Å². The van der Waals surface area contributed by atoms with Crippen molar-refractivity contribution in [3.63, 3.8) is 0 Å². The number of ether oxygens (including phenoxy) is 2. The Morgan fingerprint density at radius 1 is 0.626 bits per heavy atom.